The maximum atomic E-state index is 12.0. The standard InChI is InChI=1S/C15H20BrN5O3/c1-9-13(16)10(2)20(18-9)7-4-6-17-14(22)12-5-8-21(19-12)11(3)15(23)24/h5,8,11H,4,6-7H2,1-3H3,(H,17,22)(H,23,24). The van der Waals surface area contributed by atoms with Gasteiger partial charge in [-0.3, -0.25) is 14.2 Å². The normalized spacial score (nSPS) is 12.2. The molecular weight excluding hydrogens is 378 g/mol. The van der Waals surface area contributed by atoms with E-state index in [2.05, 4.69) is 31.4 Å². The van der Waals surface area contributed by atoms with Gasteiger partial charge in [0, 0.05) is 25.0 Å². The number of hydrogen-bond acceptors (Lipinski definition) is 4. The van der Waals surface area contributed by atoms with Crippen molar-refractivity contribution >= 4 is 27.8 Å². The fourth-order valence-corrected chi connectivity index (χ4v) is 2.49. The van der Waals surface area contributed by atoms with Gasteiger partial charge in [0.2, 0.25) is 0 Å². The molecule has 2 aromatic rings. The van der Waals surface area contributed by atoms with Gasteiger partial charge in [0.15, 0.2) is 0 Å². The smallest absolute Gasteiger partial charge is 0.328 e. The van der Waals surface area contributed by atoms with Crippen molar-refractivity contribution in [1.29, 1.82) is 0 Å². The lowest BCUT2D eigenvalue weighted by molar-refractivity contribution is -0.140. The average Bonchev–Trinajstić information content (AvgIpc) is 3.12. The summed E-state index contributed by atoms with van der Waals surface area (Å²) in [6.07, 6.45) is 2.22. The number of amides is 1. The first-order valence-corrected chi connectivity index (χ1v) is 8.36. The van der Waals surface area contributed by atoms with Gasteiger partial charge >= 0.3 is 5.97 Å². The van der Waals surface area contributed by atoms with Crippen LogP contribution in [0.2, 0.25) is 0 Å². The number of rotatable bonds is 7. The summed E-state index contributed by atoms with van der Waals surface area (Å²) in [7, 11) is 0. The zero-order valence-electron chi connectivity index (χ0n) is 13.8. The van der Waals surface area contributed by atoms with Crippen LogP contribution in [0, 0.1) is 13.8 Å². The van der Waals surface area contributed by atoms with Gasteiger partial charge in [-0.25, -0.2) is 4.79 Å². The maximum absolute atomic E-state index is 12.0. The lowest BCUT2D eigenvalue weighted by Crippen LogP contribution is -2.26. The quantitative estimate of drug-likeness (QED) is 0.694. The molecule has 9 heteroatoms. The summed E-state index contributed by atoms with van der Waals surface area (Å²) in [4.78, 5) is 22.9. The van der Waals surface area contributed by atoms with E-state index >= 15 is 0 Å². The number of hydrogen-bond donors (Lipinski definition) is 2. The first kappa shape index (κ1) is 18.2. The molecule has 0 fully saturated rings. The van der Waals surface area contributed by atoms with Crippen LogP contribution >= 0.6 is 15.9 Å². The molecule has 24 heavy (non-hydrogen) atoms. The number of aromatic nitrogens is 4. The third kappa shape index (κ3) is 4.02. The third-order valence-electron chi connectivity index (χ3n) is 3.72. The van der Waals surface area contributed by atoms with E-state index in [9.17, 15) is 9.59 Å². The number of carboxylic acid groups (broad SMARTS) is 1. The number of carbonyl (C=O) groups is 2. The van der Waals surface area contributed by atoms with E-state index in [4.69, 9.17) is 5.11 Å². The number of carbonyl (C=O) groups excluding carboxylic acids is 1. The van der Waals surface area contributed by atoms with E-state index in [0.29, 0.717) is 13.1 Å². The van der Waals surface area contributed by atoms with Gasteiger partial charge in [0.05, 0.1) is 10.2 Å². The van der Waals surface area contributed by atoms with Gasteiger partial charge in [0.25, 0.3) is 5.91 Å². The molecule has 1 atom stereocenters. The van der Waals surface area contributed by atoms with Crippen molar-refractivity contribution in [2.24, 2.45) is 0 Å². The lowest BCUT2D eigenvalue weighted by atomic mass is 10.3. The number of aryl methyl sites for hydroxylation is 2. The van der Waals surface area contributed by atoms with Crippen molar-refractivity contribution < 1.29 is 14.7 Å². The zero-order chi connectivity index (χ0) is 17.9. The zero-order valence-corrected chi connectivity index (χ0v) is 15.4. The molecule has 2 heterocycles. The van der Waals surface area contributed by atoms with Crippen LogP contribution in [0.1, 0.15) is 41.3 Å². The molecule has 2 rings (SSSR count). The summed E-state index contributed by atoms with van der Waals surface area (Å²) in [5.74, 6) is -1.32. The van der Waals surface area contributed by atoms with Crippen molar-refractivity contribution in [3.8, 4) is 0 Å². The van der Waals surface area contributed by atoms with Crippen LogP contribution in [0.4, 0.5) is 0 Å². The second-order valence-electron chi connectivity index (χ2n) is 5.51. The highest BCUT2D eigenvalue weighted by Crippen LogP contribution is 2.19. The molecule has 0 saturated carbocycles. The minimum atomic E-state index is -0.999. The molecule has 0 aromatic carbocycles. The monoisotopic (exact) mass is 397 g/mol. The van der Waals surface area contributed by atoms with Crippen molar-refractivity contribution in [2.75, 3.05) is 6.54 Å². The Kier molecular flexibility index (Phi) is 5.76. The fourth-order valence-electron chi connectivity index (χ4n) is 2.20. The summed E-state index contributed by atoms with van der Waals surface area (Å²) in [6, 6.07) is 0.698. The van der Waals surface area contributed by atoms with Gasteiger partial charge in [-0.05, 0) is 49.2 Å². The minimum Gasteiger partial charge on any atom is -0.480 e. The molecule has 1 amide bonds. The Bertz CT molecular complexity index is 752. The molecule has 0 bridgehead atoms. The Hall–Kier alpha value is -2.16. The topological polar surface area (TPSA) is 102 Å². The molecule has 8 nitrogen and oxygen atoms in total. The van der Waals surface area contributed by atoms with Gasteiger partial charge in [-0.1, -0.05) is 0 Å². The Balaban J connectivity index is 1.83. The van der Waals surface area contributed by atoms with E-state index in [1.165, 1.54) is 23.9 Å². The SMILES string of the molecule is Cc1nn(CCCNC(=O)c2ccn(C(C)C(=O)O)n2)c(C)c1Br. The van der Waals surface area contributed by atoms with Crippen molar-refractivity contribution in [2.45, 2.75) is 39.8 Å². The van der Waals surface area contributed by atoms with Crippen LogP contribution in [0.5, 0.6) is 0 Å². The fraction of sp³-hybridized carbons (Fsp3) is 0.467. The Labute approximate surface area is 148 Å². The number of aliphatic carboxylic acids is 1. The summed E-state index contributed by atoms with van der Waals surface area (Å²) in [6.45, 7) is 6.60. The maximum Gasteiger partial charge on any atom is 0.328 e. The van der Waals surface area contributed by atoms with Crippen LogP contribution < -0.4 is 5.32 Å². The molecule has 0 saturated heterocycles. The summed E-state index contributed by atoms with van der Waals surface area (Å²) in [5, 5.41) is 20.1. The van der Waals surface area contributed by atoms with Crippen LogP contribution in [0.3, 0.4) is 0 Å². The van der Waals surface area contributed by atoms with E-state index in [1.54, 1.807) is 0 Å². The molecule has 2 aromatic heterocycles. The number of halogens is 1. The molecule has 0 aliphatic carbocycles. The molecule has 2 N–H and O–H groups in total. The van der Waals surface area contributed by atoms with Crippen LogP contribution in [-0.2, 0) is 11.3 Å². The average molecular weight is 398 g/mol. The predicted molar refractivity (Wildman–Crippen MR) is 90.9 cm³/mol. The van der Waals surface area contributed by atoms with Crippen molar-refractivity contribution in [3.63, 3.8) is 0 Å². The van der Waals surface area contributed by atoms with E-state index in [0.717, 1.165) is 22.3 Å². The highest BCUT2D eigenvalue weighted by molar-refractivity contribution is 9.10. The molecule has 0 spiro atoms. The van der Waals surface area contributed by atoms with Gasteiger partial charge < -0.3 is 10.4 Å². The summed E-state index contributed by atoms with van der Waals surface area (Å²) < 4.78 is 4.16. The number of carboxylic acids is 1. The first-order chi connectivity index (χ1) is 11.3. The van der Waals surface area contributed by atoms with Gasteiger partial charge in [-0.15, -0.1) is 0 Å². The molecular formula is C15H20BrN5O3. The molecule has 0 radical (unpaired) electrons. The summed E-state index contributed by atoms with van der Waals surface area (Å²) >= 11 is 3.48. The van der Waals surface area contributed by atoms with Crippen LogP contribution in [-0.4, -0.2) is 43.1 Å². The van der Waals surface area contributed by atoms with Crippen molar-refractivity contribution in [3.05, 3.63) is 33.8 Å². The van der Waals surface area contributed by atoms with Gasteiger partial charge in [-0.2, -0.15) is 10.2 Å². The molecule has 0 aliphatic heterocycles. The Morgan fingerprint density at radius 2 is 2.08 bits per heavy atom. The van der Waals surface area contributed by atoms with Crippen molar-refractivity contribution in [1.82, 2.24) is 24.9 Å². The van der Waals surface area contributed by atoms with E-state index in [-0.39, 0.29) is 11.6 Å². The van der Waals surface area contributed by atoms with Crippen LogP contribution in [0.15, 0.2) is 16.7 Å². The predicted octanol–water partition coefficient (Wildman–Crippen LogP) is 1.92. The Morgan fingerprint density at radius 1 is 1.38 bits per heavy atom. The lowest BCUT2D eigenvalue weighted by Gasteiger charge is -2.07. The largest absolute Gasteiger partial charge is 0.480 e. The highest BCUT2D eigenvalue weighted by atomic mass is 79.9. The molecule has 1 unspecified atom stereocenters. The highest BCUT2D eigenvalue weighted by Gasteiger charge is 2.16. The molecule has 130 valence electrons. The second-order valence-corrected chi connectivity index (χ2v) is 6.31. The van der Waals surface area contributed by atoms with E-state index in [1.807, 2.05) is 18.5 Å². The molecule has 0 aliphatic rings. The first-order valence-electron chi connectivity index (χ1n) is 7.57. The number of nitrogens with zero attached hydrogens (tertiary/aromatic N) is 4. The third-order valence-corrected chi connectivity index (χ3v) is 4.87. The van der Waals surface area contributed by atoms with E-state index < -0.39 is 12.0 Å². The Morgan fingerprint density at radius 3 is 2.67 bits per heavy atom. The second kappa shape index (κ2) is 7.61. The van der Waals surface area contributed by atoms with Crippen LogP contribution in [0.25, 0.3) is 0 Å². The van der Waals surface area contributed by atoms with Gasteiger partial charge in [0.1, 0.15) is 11.7 Å². The summed E-state index contributed by atoms with van der Waals surface area (Å²) in [5.41, 5.74) is 2.20. The minimum absolute atomic E-state index is 0.206. The number of nitrogens with one attached hydrogen (secondary N) is 1.